The number of thiazole rings is 1. The van der Waals surface area contributed by atoms with Gasteiger partial charge < -0.3 is 9.72 Å². The molecule has 2 aromatic rings. The van der Waals surface area contributed by atoms with Crippen LogP contribution >= 0.6 is 35.3 Å². The summed E-state index contributed by atoms with van der Waals surface area (Å²) in [5.74, 6) is 4.03. The third-order valence-corrected chi connectivity index (χ3v) is 8.92. The van der Waals surface area contributed by atoms with Crippen LogP contribution in [0.5, 0.6) is 5.75 Å². The summed E-state index contributed by atoms with van der Waals surface area (Å²) in [7, 11) is 1.73. The van der Waals surface area contributed by atoms with E-state index in [1.807, 2.05) is 0 Å². The molecule has 1 aromatic carbocycles. The molecule has 2 aliphatic carbocycles. The molecular weight excluding hydrogens is 342 g/mol. The number of methoxy groups -OCH3 is 1. The lowest BCUT2D eigenvalue weighted by Crippen LogP contribution is -2.33. The highest BCUT2D eigenvalue weighted by molar-refractivity contribution is 8.00. The van der Waals surface area contributed by atoms with Crippen molar-refractivity contribution >= 4 is 35.3 Å². The highest BCUT2D eigenvalue weighted by atomic mass is 32.2. The first-order chi connectivity index (χ1) is 11.2. The molecule has 5 rings (SSSR count). The van der Waals surface area contributed by atoms with Crippen molar-refractivity contribution in [2.45, 2.75) is 35.5 Å². The van der Waals surface area contributed by atoms with Crippen LogP contribution in [0.1, 0.15) is 35.6 Å². The predicted molar refractivity (Wildman–Crippen MR) is 98.3 cm³/mol. The molecule has 0 radical (unpaired) electrons. The smallest absolute Gasteiger partial charge is 0.159 e. The molecule has 0 unspecified atom stereocenters. The number of benzene rings is 1. The lowest BCUT2D eigenvalue weighted by atomic mass is 9.75. The fourth-order valence-corrected chi connectivity index (χ4v) is 8.37. The molecule has 1 N–H and O–H groups in total. The number of aromatic nitrogens is 1. The van der Waals surface area contributed by atoms with Crippen LogP contribution in [0.15, 0.2) is 29.3 Å². The zero-order valence-electron chi connectivity index (χ0n) is 13.0. The number of hydrogen-bond donors (Lipinski definition) is 1. The van der Waals surface area contributed by atoms with Crippen LogP contribution in [-0.2, 0) is 0 Å². The zero-order valence-corrected chi connectivity index (χ0v) is 15.4. The summed E-state index contributed by atoms with van der Waals surface area (Å²) in [4.78, 5) is 4.93. The number of fused-ring (bicyclic) bond motifs is 6. The van der Waals surface area contributed by atoms with Crippen LogP contribution in [0.2, 0.25) is 0 Å². The second-order valence-corrected chi connectivity index (χ2v) is 9.86. The van der Waals surface area contributed by atoms with Crippen LogP contribution in [0.25, 0.3) is 0 Å². The third kappa shape index (κ3) is 2.16. The Morgan fingerprint density at radius 2 is 1.96 bits per heavy atom. The van der Waals surface area contributed by atoms with E-state index >= 15 is 0 Å². The molecule has 2 saturated carbocycles. The fourth-order valence-electron chi connectivity index (χ4n) is 5.03. The minimum atomic E-state index is 0.510. The third-order valence-electron chi connectivity index (χ3n) is 5.94. The van der Waals surface area contributed by atoms with E-state index in [0.29, 0.717) is 5.92 Å². The quantitative estimate of drug-likeness (QED) is 0.718. The van der Waals surface area contributed by atoms with E-state index in [-0.39, 0.29) is 0 Å². The molecule has 0 amide bonds. The van der Waals surface area contributed by atoms with E-state index in [0.717, 1.165) is 32.7 Å². The minimum Gasteiger partial charge on any atom is -0.497 e. The van der Waals surface area contributed by atoms with Gasteiger partial charge in [0, 0.05) is 16.0 Å². The summed E-state index contributed by atoms with van der Waals surface area (Å²) < 4.78 is 6.27. The first-order valence-corrected chi connectivity index (χ1v) is 10.4. The number of ether oxygens (including phenoxy) is 1. The van der Waals surface area contributed by atoms with Crippen molar-refractivity contribution < 1.29 is 4.74 Å². The Morgan fingerprint density at radius 1 is 1.17 bits per heavy atom. The van der Waals surface area contributed by atoms with Crippen molar-refractivity contribution in [2.24, 2.45) is 17.8 Å². The van der Waals surface area contributed by atoms with E-state index in [9.17, 15) is 0 Å². The van der Waals surface area contributed by atoms with Gasteiger partial charge in [0.2, 0.25) is 0 Å². The lowest BCUT2D eigenvalue weighted by molar-refractivity contribution is 0.307. The highest BCUT2D eigenvalue weighted by Crippen LogP contribution is 2.64. The predicted octanol–water partition coefficient (Wildman–Crippen LogP) is 5.47. The minimum absolute atomic E-state index is 0.510. The van der Waals surface area contributed by atoms with Crippen molar-refractivity contribution in [3.8, 4) is 5.75 Å². The Hall–Kier alpha value is -0.780. The molecule has 23 heavy (non-hydrogen) atoms. The molecular formula is C18H19NOS3. The van der Waals surface area contributed by atoms with Crippen molar-refractivity contribution in [1.82, 2.24) is 4.98 Å². The zero-order chi connectivity index (χ0) is 15.6. The lowest BCUT2D eigenvalue weighted by Gasteiger charge is -2.40. The fraction of sp³-hybridized carbons (Fsp3) is 0.500. The van der Waals surface area contributed by atoms with Gasteiger partial charge in [0.15, 0.2) is 3.95 Å². The van der Waals surface area contributed by atoms with Crippen LogP contribution in [-0.4, -0.2) is 17.3 Å². The van der Waals surface area contributed by atoms with Gasteiger partial charge in [-0.3, -0.25) is 0 Å². The first kappa shape index (κ1) is 14.6. The maximum Gasteiger partial charge on any atom is 0.159 e. The van der Waals surface area contributed by atoms with Gasteiger partial charge in [0.1, 0.15) is 5.75 Å². The van der Waals surface area contributed by atoms with Gasteiger partial charge in [-0.15, -0.1) is 23.1 Å². The van der Waals surface area contributed by atoms with Crippen molar-refractivity contribution in [3.05, 3.63) is 38.7 Å². The molecule has 2 fully saturated rings. The summed E-state index contributed by atoms with van der Waals surface area (Å²) in [6.45, 7) is 0. The number of nitrogens with one attached hydrogen (secondary N) is 1. The molecule has 5 atom stereocenters. The average molecular weight is 362 g/mol. The number of aromatic amines is 1. The van der Waals surface area contributed by atoms with Crippen LogP contribution in [0.4, 0.5) is 0 Å². The topological polar surface area (TPSA) is 25.0 Å². The maximum atomic E-state index is 5.46. The van der Waals surface area contributed by atoms with Gasteiger partial charge in [-0.05, 0) is 66.9 Å². The van der Waals surface area contributed by atoms with E-state index < -0.39 is 0 Å². The molecule has 0 spiro atoms. The number of thioether (sulfide) groups is 1. The Labute approximate surface area is 149 Å². The van der Waals surface area contributed by atoms with Gasteiger partial charge >= 0.3 is 0 Å². The van der Waals surface area contributed by atoms with E-state index in [4.69, 9.17) is 17.0 Å². The molecule has 1 aliphatic heterocycles. The monoisotopic (exact) mass is 361 g/mol. The number of H-pyrrole nitrogens is 1. The van der Waals surface area contributed by atoms with Crippen molar-refractivity contribution in [2.75, 3.05) is 7.11 Å². The SMILES string of the molecule is COc1ccc([C@H]2c3sc(=S)[nH]c3S[C@H]3[C@H]4CC[C@@H](C4)[C@@H]23)cc1. The molecule has 2 bridgehead atoms. The van der Waals surface area contributed by atoms with Crippen molar-refractivity contribution in [1.29, 1.82) is 0 Å². The van der Waals surface area contributed by atoms with E-state index in [2.05, 4.69) is 41.0 Å². The maximum absolute atomic E-state index is 5.46. The number of rotatable bonds is 2. The Balaban J connectivity index is 1.64. The van der Waals surface area contributed by atoms with Gasteiger partial charge in [-0.2, -0.15) is 0 Å². The van der Waals surface area contributed by atoms with Gasteiger partial charge in [0.25, 0.3) is 0 Å². The molecule has 2 heterocycles. The molecule has 1 aromatic heterocycles. The van der Waals surface area contributed by atoms with E-state index in [1.54, 1.807) is 18.4 Å². The first-order valence-electron chi connectivity index (χ1n) is 8.28. The van der Waals surface area contributed by atoms with Gasteiger partial charge in [0.05, 0.1) is 12.1 Å². The molecule has 3 aliphatic rings. The second kappa shape index (κ2) is 5.36. The molecule has 0 saturated heterocycles. The van der Waals surface area contributed by atoms with Crippen LogP contribution < -0.4 is 4.74 Å². The average Bonchev–Trinajstić information content (AvgIpc) is 3.26. The highest BCUT2D eigenvalue weighted by Gasteiger charge is 2.54. The van der Waals surface area contributed by atoms with Crippen molar-refractivity contribution in [3.63, 3.8) is 0 Å². The summed E-state index contributed by atoms with van der Waals surface area (Å²) in [5, 5.41) is 2.11. The van der Waals surface area contributed by atoms with Gasteiger partial charge in [-0.1, -0.05) is 12.1 Å². The number of hydrogen-bond acceptors (Lipinski definition) is 4. The summed E-state index contributed by atoms with van der Waals surface area (Å²) in [6, 6.07) is 8.72. The molecule has 120 valence electrons. The second-order valence-electron chi connectivity index (χ2n) is 6.95. The normalized spacial score (nSPS) is 34.2. The van der Waals surface area contributed by atoms with Gasteiger partial charge in [-0.25, -0.2) is 0 Å². The molecule has 2 nitrogen and oxygen atoms in total. The van der Waals surface area contributed by atoms with E-state index in [1.165, 1.54) is 34.7 Å². The molecule has 5 heteroatoms. The largest absolute Gasteiger partial charge is 0.497 e. The summed E-state index contributed by atoms with van der Waals surface area (Å²) >= 11 is 9.33. The summed E-state index contributed by atoms with van der Waals surface area (Å²) in [6.07, 6.45) is 4.28. The van der Waals surface area contributed by atoms with Crippen LogP contribution in [0, 0.1) is 21.7 Å². The Bertz CT molecular complexity index is 793. The standard InChI is InChI=1S/C18H19NOS3/c1-20-12-6-4-9(5-7-12)13-14-10-2-3-11(8-10)15(14)22-17-16(13)23-18(21)19-17/h4-7,10-11,13-15H,2-3,8H2,1H3,(H,19,21)/t10-,11-,13+,14-,15-/m0/s1. The Kier molecular flexibility index (Phi) is 3.39. The summed E-state index contributed by atoms with van der Waals surface area (Å²) in [5.41, 5.74) is 1.43. The van der Waals surface area contributed by atoms with Crippen LogP contribution in [0.3, 0.4) is 0 Å². The Morgan fingerprint density at radius 3 is 2.74 bits per heavy atom.